The van der Waals surface area contributed by atoms with Gasteiger partial charge in [0, 0.05) is 30.2 Å². The van der Waals surface area contributed by atoms with Crippen LogP contribution in [-0.4, -0.2) is 26.3 Å². The lowest BCUT2D eigenvalue weighted by molar-refractivity contribution is 0.128. The molecule has 4 N–H and O–H groups in total. The molecule has 2 aliphatic rings. The molecule has 0 bridgehead atoms. The SMILES string of the molecule is NCCOCc1ccc2c(c1)Cc1cc3c4cc5c(cc4c4cc(N(c6ccccc6)c6ccc7cc8cc9ccccc9cc8cc7c6)ccc4c3cc1-2)-c1ccc(COCCN)cc1C5. The van der Waals surface area contributed by atoms with Gasteiger partial charge in [-0.05, 0) is 218 Å². The Morgan fingerprint density at radius 1 is 0.343 bits per heavy atom. The fourth-order valence-electron chi connectivity index (χ4n) is 11.2. The van der Waals surface area contributed by atoms with E-state index in [1.807, 2.05) is 0 Å². The lowest BCUT2D eigenvalue weighted by Gasteiger charge is -2.26. The van der Waals surface area contributed by atoms with Crippen LogP contribution in [0.2, 0.25) is 0 Å². The molecule has 5 heteroatoms. The van der Waals surface area contributed by atoms with Gasteiger partial charge in [0.15, 0.2) is 0 Å². The molecule has 0 fully saturated rings. The molecule has 11 aromatic rings. The third-order valence-corrected chi connectivity index (χ3v) is 14.3. The number of hydrogen-bond acceptors (Lipinski definition) is 5. The van der Waals surface area contributed by atoms with E-state index in [0.717, 1.165) is 29.9 Å². The van der Waals surface area contributed by atoms with Crippen LogP contribution in [0.15, 0.2) is 176 Å². The molecule has 0 unspecified atom stereocenters. The van der Waals surface area contributed by atoms with Crippen LogP contribution in [0.25, 0.3) is 86.9 Å². The van der Waals surface area contributed by atoms with E-state index in [4.69, 9.17) is 20.9 Å². The van der Waals surface area contributed by atoms with Gasteiger partial charge in [-0.3, -0.25) is 0 Å². The molecular formula is C62H49N3O2. The molecule has 324 valence electrons. The number of nitrogens with two attached hydrogens (primary N) is 2. The number of ether oxygens (including phenoxy) is 2. The van der Waals surface area contributed by atoms with E-state index in [1.54, 1.807) is 0 Å². The van der Waals surface area contributed by atoms with Gasteiger partial charge in [0.25, 0.3) is 0 Å². The molecule has 11 aromatic carbocycles. The van der Waals surface area contributed by atoms with E-state index in [1.165, 1.54) is 120 Å². The van der Waals surface area contributed by atoms with E-state index in [0.29, 0.717) is 39.5 Å². The summed E-state index contributed by atoms with van der Waals surface area (Å²) in [7, 11) is 0. The fraction of sp³-hybridized carbons (Fsp3) is 0.129. The number of benzene rings is 11. The van der Waals surface area contributed by atoms with Crippen molar-refractivity contribution in [3.05, 3.63) is 209 Å². The highest BCUT2D eigenvalue weighted by Crippen LogP contribution is 2.48. The number of para-hydroxylation sites is 1. The second-order valence-electron chi connectivity index (χ2n) is 18.5. The first-order valence-corrected chi connectivity index (χ1v) is 23.6. The number of rotatable bonds is 11. The van der Waals surface area contributed by atoms with Gasteiger partial charge in [0.1, 0.15) is 0 Å². The second-order valence-corrected chi connectivity index (χ2v) is 18.5. The van der Waals surface area contributed by atoms with Crippen LogP contribution in [0.1, 0.15) is 33.4 Å². The maximum Gasteiger partial charge on any atom is 0.0717 e. The zero-order valence-electron chi connectivity index (χ0n) is 37.3. The van der Waals surface area contributed by atoms with Crippen LogP contribution in [0.3, 0.4) is 0 Å². The molecule has 0 atom stereocenters. The molecule has 0 saturated heterocycles. The lowest BCUT2D eigenvalue weighted by Crippen LogP contribution is -2.09. The highest BCUT2D eigenvalue weighted by molar-refractivity contribution is 6.27. The number of nitrogens with zero attached hydrogens (tertiary/aromatic N) is 1. The Morgan fingerprint density at radius 3 is 1.40 bits per heavy atom. The maximum absolute atomic E-state index is 5.86. The van der Waals surface area contributed by atoms with Gasteiger partial charge >= 0.3 is 0 Å². The molecule has 5 nitrogen and oxygen atoms in total. The van der Waals surface area contributed by atoms with Crippen molar-refractivity contribution in [3.8, 4) is 22.3 Å². The fourth-order valence-corrected chi connectivity index (χ4v) is 11.2. The number of hydrogen-bond donors (Lipinski definition) is 2. The minimum atomic E-state index is 0.522. The summed E-state index contributed by atoms with van der Waals surface area (Å²) in [6, 6.07) is 66.4. The van der Waals surface area contributed by atoms with Crippen LogP contribution >= 0.6 is 0 Å². The normalized spacial score (nSPS) is 12.7. The Bertz CT molecular complexity index is 3800. The third-order valence-electron chi connectivity index (χ3n) is 14.3. The van der Waals surface area contributed by atoms with Gasteiger partial charge in [-0.2, -0.15) is 0 Å². The van der Waals surface area contributed by atoms with Gasteiger partial charge in [-0.15, -0.1) is 0 Å². The Balaban J connectivity index is 1.00. The topological polar surface area (TPSA) is 73.7 Å². The van der Waals surface area contributed by atoms with Crippen LogP contribution in [0.5, 0.6) is 0 Å². The van der Waals surface area contributed by atoms with Gasteiger partial charge in [0.05, 0.1) is 26.4 Å². The standard InChI is InChI=1S/C62H49N3O2/c63-18-20-66-36-38-10-15-53-46(22-38)28-48-31-58-59-32-49-29-47-23-39(37-67-21-19-64)11-16-54(47)57(49)35-62(59)60-33-52(14-17-55(60)61(58)34-56(48)53)65(50-8-2-1-3-9-50)51-13-12-42-26-43-24-40-6-4-5-7-41(40)25-44(43)27-45(42)30-51/h1-17,22-27,30-35H,18-21,28-29,36-37,63-64H2. The van der Waals surface area contributed by atoms with Crippen molar-refractivity contribution in [2.45, 2.75) is 26.1 Å². The highest BCUT2D eigenvalue weighted by Gasteiger charge is 2.25. The minimum absolute atomic E-state index is 0.522. The summed E-state index contributed by atoms with van der Waals surface area (Å²) < 4.78 is 11.7. The third kappa shape index (κ3) is 6.85. The summed E-state index contributed by atoms with van der Waals surface area (Å²) in [5, 5.41) is 15.1. The molecule has 0 spiro atoms. The van der Waals surface area contributed by atoms with Crippen molar-refractivity contribution in [1.82, 2.24) is 0 Å². The van der Waals surface area contributed by atoms with Crippen LogP contribution < -0.4 is 16.4 Å². The maximum atomic E-state index is 5.86. The van der Waals surface area contributed by atoms with E-state index in [9.17, 15) is 0 Å². The van der Waals surface area contributed by atoms with Crippen LogP contribution in [0.4, 0.5) is 17.1 Å². The van der Waals surface area contributed by atoms with Crippen molar-refractivity contribution in [3.63, 3.8) is 0 Å². The molecule has 2 aliphatic carbocycles. The summed E-state index contributed by atoms with van der Waals surface area (Å²) in [5.41, 5.74) is 27.9. The van der Waals surface area contributed by atoms with E-state index < -0.39 is 0 Å². The van der Waals surface area contributed by atoms with Gasteiger partial charge < -0.3 is 25.8 Å². The Morgan fingerprint density at radius 2 is 0.806 bits per heavy atom. The number of fused-ring (bicyclic) bond motifs is 15. The largest absolute Gasteiger partial charge is 0.375 e. The molecule has 0 radical (unpaired) electrons. The second kappa shape index (κ2) is 16.2. The van der Waals surface area contributed by atoms with Crippen molar-refractivity contribution in [1.29, 1.82) is 0 Å². The smallest absolute Gasteiger partial charge is 0.0717 e. The van der Waals surface area contributed by atoms with Gasteiger partial charge in [-0.25, -0.2) is 0 Å². The summed E-state index contributed by atoms with van der Waals surface area (Å²) in [5.74, 6) is 0. The predicted octanol–water partition coefficient (Wildman–Crippen LogP) is 14.2. The quantitative estimate of drug-likeness (QED) is 0.0770. The first-order chi connectivity index (χ1) is 33.1. The predicted molar refractivity (Wildman–Crippen MR) is 280 cm³/mol. The summed E-state index contributed by atoms with van der Waals surface area (Å²) in [6.07, 6.45) is 1.80. The number of anilines is 3. The molecule has 13 rings (SSSR count). The first-order valence-electron chi connectivity index (χ1n) is 23.6. The summed E-state index contributed by atoms with van der Waals surface area (Å²) in [4.78, 5) is 2.42. The average molecular weight is 868 g/mol. The van der Waals surface area contributed by atoms with E-state index in [-0.39, 0.29) is 0 Å². The minimum Gasteiger partial charge on any atom is -0.375 e. The molecule has 0 saturated carbocycles. The molecule has 0 aromatic heterocycles. The van der Waals surface area contributed by atoms with Crippen molar-refractivity contribution < 1.29 is 9.47 Å². The lowest BCUT2D eigenvalue weighted by atomic mass is 9.88. The Labute approximate surface area is 389 Å². The van der Waals surface area contributed by atoms with Crippen molar-refractivity contribution in [2.24, 2.45) is 11.5 Å². The molecule has 0 heterocycles. The monoisotopic (exact) mass is 867 g/mol. The van der Waals surface area contributed by atoms with Gasteiger partial charge in [0.2, 0.25) is 0 Å². The first kappa shape index (κ1) is 39.9. The Hall–Kier alpha value is -7.38. The van der Waals surface area contributed by atoms with E-state index in [2.05, 4.69) is 181 Å². The molecular weight excluding hydrogens is 819 g/mol. The Kier molecular flexibility index (Phi) is 9.66. The summed E-state index contributed by atoms with van der Waals surface area (Å²) in [6.45, 7) is 3.30. The molecule has 0 aliphatic heterocycles. The van der Waals surface area contributed by atoms with Crippen molar-refractivity contribution >= 4 is 81.7 Å². The molecule has 67 heavy (non-hydrogen) atoms. The zero-order chi connectivity index (χ0) is 44.6. The van der Waals surface area contributed by atoms with E-state index >= 15 is 0 Å². The van der Waals surface area contributed by atoms with Crippen LogP contribution in [0, 0.1) is 0 Å². The zero-order valence-corrected chi connectivity index (χ0v) is 37.3. The molecule has 0 amide bonds. The van der Waals surface area contributed by atoms with Crippen LogP contribution in [-0.2, 0) is 35.5 Å². The highest BCUT2D eigenvalue weighted by atomic mass is 16.5. The van der Waals surface area contributed by atoms with Gasteiger partial charge in [-0.1, -0.05) is 91.0 Å². The van der Waals surface area contributed by atoms with Crippen molar-refractivity contribution in [2.75, 3.05) is 31.2 Å². The summed E-state index contributed by atoms with van der Waals surface area (Å²) >= 11 is 0. The average Bonchev–Trinajstić information content (AvgIpc) is 3.91.